The average molecular weight is 314 g/mol. The lowest BCUT2D eigenvalue weighted by Gasteiger charge is -2.04. The van der Waals surface area contributed by atoms with Gasteiger partial charge < -0.3 is 11.1 Å². The summed E-state index contributed by atoms with van der Waals surface area (Å²) in [5.74, 6) is 1.48. The lowest BCUT2D eigenvalue weighted by molar-refractivity contribution is 0.901. The quantitative estimate of drug-likeness (QED) is 0.631. The zero-order valence-corrected chi connectivity index (χ0v) is 12.6. The fourth-order valence-electron chi connectivity index (χ4n) is 2.14. The molecule has 0 aliphatic heterocycles. The van der Waals surface area contributed by atoms with Gasteiger partial charge in [-0.15, -0.1) is 0 Å². The molecule has 6 heteroatoms. The first-order valence-electron chi connectivity index (χ1n) is 6.97. The molecule has 0 bridgehead atoms. The summed E-state index contributed by atoms with van der Waals surface area (Å²) >= 11 is 5.95. The molecule has 1 heterocycles. The van der Waals surface area contributed by atoms with Crippen molar-refractivity contribution in [2.45, 2.75) is 6.42 Å². The van der Waals surface area contributed by atoms with Crippen molar-refractivity contribution in [1.29, 1.82) is 0 Å². The number of nitrogens with two attached hydrogens (primary N) is 1. The number of halogens is 1. The molecule has 5 nitrogen and oxygen atoms in total. The molecule has 1 aromatic heterocycles. The predicted molar refractivity (Wildman–Crippen MR) is 89.9 cm³/mol. The zero-order chi connectivity index (χ0) is 15.4. The van der Waals surface area contributed by atoms with Gasteiger partial charge in [-0.3, -0.25) is 5.10 Å². The molecule has 0 aliphatic carbocycles. The van der Waals surface area contributed by atoms with Gasteiger partial charge in [-0.1, -0.05) is 29.8 Å². The molecule has 0 spiro atoms. The van der Waals surface area contributed by atoms with Crippen molar-refractivity contribution in [2.75, 3.05) is 17.6 Å². The minimum Gasteiger partial charge on any atom is -0.399 e. The number of nitrogens with zero attached hydrogens (tertiary/aromatic N) is 2. The Morgan fingerprint density at radius 3 is 2.82 bits per heavy atom. The van der Waals surface area contributed by atoms with Gasteiger partial charge in [0.05, 0.1) is 0 Å². The number of nitrogens with one attached hydrogen (secondary N) is 2. The van der Waals surface area contributed by atoms with E-state index in [-0.39, 0.29) is 0 Å². The summed E-state index contributed by atoms with van der Waals surface area (Å²) in [6.45, 7) is 0.742. The average Bonchev–Trinajstić information content (AvgIpc) is 2.96. The monoisotopic (exact) mass is 313 g/mol. The van der Waals surface area contributed by atoms with E-state index in [9.17, 15) is 0 Å². The van der Waals surface area contributed by atoms with Crippen molar-refractivity contribution in [3.63, 3.8) is 0 Å². The molecule has 22 heavy (non-hydrogen) atoms. The summed E-state index contributed by atoms with van der Waals surface area (Å²) in [6, 6.07) is 15.2. The van der Waals surface area contributed by atoms with E-state index in [0.29, 0.717) is 16.5 Å². The first kappa shape index (κ1) is 14.4. The van der Waals surface area contributed by atoms with Crippen LogP contribution in [0.1, 0.15) is 5.82 Å². The highest BCUT2D eigenvalue weighted by Crippen LogP contribution is 2.18. The van der Waals surface area contributed by atoms with Gasteiger partial charge in [-0.2, -0.15) is 5.10 Å². The van der Waals surface area contributed by atoms with Gasteiger partial charge in [0.1, 0.15) is 5.82 Å². The second-order valence-electron chi connectivity index (χ2n) is 4.92. The highest BCUT2D eigenvalue weighted by molar-refractivity contribution is 6.30. The van der Waals surface area contributed by atoms with Crippen LogP contribution in [0.5, 0.6) is 0 Å². The third-order valence-corrected chi connectivity index (χ3v) is 3.43. The molecule has 112 valence electrons. The SMILES string of the molecule is Nc1cccc(-c2n[nH]c(CCNc3cccc(Cl)c3)n2)c1. The number of aromatic amines is 1. The van der Waals surface area contributed by atoms with Gasteiger partial charge in [-0.05, 0) is 30.3 Å². The van der Waals surface area contributed by atoms with E-state index in [2.05, 4.69) is 20.5 Å². The van der Waals surface area contributed by atoms with Crippen LogP contribution in [0.3, 0.4) is 0 Å². The topological polar surface area (TPSA) is 79.6 Å². The maximum absolute atomic E-state index is 5.95. The van der Waals surface area contributed by atoms with Gasteiger partial charge in [0, 0.05) is 34.9 Å². The summed E-state index contributed by atoms with van der Waals surface area (Å²) in [6.07, 6.45) is 0.738. The maximum atomic E-state index is 5.95. The van der Waals surface area contributed by atoms with Crippen LogP contribution >= 0.6 is 11.6 Å². The summed E-state index contributed by atoms with van der Waals surface area (Å²) < 4.78 is 0. The van der Waals surface area contributed by atoms with Gasteiger partial charge >= 0.3 is 0 Å². The molecule has 0 fully saturated rings. The highest BCUT2D eigenvalue weighted by atomic mass is 35.5. The van der Waals surface area contributed by atoms with Crippen molar-refractivity contribution in [3.05, 3.63) is 59.4 Å². The number of H-pyrrole nitrogens is 1. The zero-order valence-electron chi connectivity index (χ0n) is 11.9. The first-order valence-corrected chi connectivity index (χ1v) is 7.35. The molecule has 3 aromatic rings. The van der Waals surface area contributed by atoms with E-state index >= 15 is 0 Å². The van der Waals surface area contributed by atoms with Crippen molar-refractivity contribution < 1.29 is 0 Å². The second-order valence-corrected chi connectivity index (χ2v) is 5.35. The standard InChI is InChI=1S/C16H16ClN5/c17-12-4-2-6-14(10-12)19-8-7-15-20-16(22-21-15)11-3-1-5-13(18)9-11/h1-6,9-10,19H,7-8,18H2,(H,20,21,22). The maximum Gasteiger partial charge on any atom is 0.181 e. The minimum absolute atomic E-state index is 0.657. The number of hydrogen-bond acceptors (Lipinski definition) is 4. The van der Waals surface area contributed by atoms with E-state index in [1.54, 1.807) is 0 Å². The molecule has 2 aromatic carbocycles. The van der Waals surface area contributed by atoms with Crippen LogP contribution in [0, 0.1) is 0 Å². The van der Waals surface area contributed by atoms with Crippen LogP contribution in [0.25, 0.3) is 11.4 Å². The highest BCUT2D eigenvalue weighted by Gasteiger charge is 2.06. The van der Waals surface area contributed by atoms with Crippen LogP contribution in [0.2, 0.25) is 5.02 Å². The predicted octanol–water partition coefficient (Wildman–Crippen LogP) is 3.36. The molecule has 0 amide bonds. The Labute approximate surface area is 133 Å². The molecular weight excluding hydrogens is 298 g/mol. The van der Waals surface area contributed by atoms with Crippen molar-refractivity contribution >= 4 is 23.0 Å². The number of anilines is 2. The second kappa shape index (κ2) is 6.49. The van der Waals surface area contributed by atoms with Crippen LogP contribution in [-0.2, 0) is 6.42 Å². The van der Waals surface area contributed by atoms with E-state index in [4.69, 9.17) is 17.3 Å². The van der Waals surface area contributed by atoms with Crippen LogP contribution in [0.4, 0.5) is 11.4 Å². The summed E-state index contributed by atoms with van der Waals surface area (Å²) in [5.41, 5.74) is 8.37. The molecule has 4 N–H and O–H groups in total. The fourth-order valence-corrected chi connectivity index (χ4v) is 2.33. The van der Waals surface area contributed by atoms with Gasteiger partial charge in [0.2, 0.25) is 0 Å². The Morgan fingerprint density at radius 1 is 1.14 bits per heavy atom. The third kappa shape index (κ3) is 3.56. The number of hydrogen-bond donors (Lipinski definition) is 3. The summed E-state index contributed by atoms with van der Waals surface area (Å²) in [5, 5.41) is 11.2. The molecule has 0 atom stereocenters. The normalized spacial score (nSPS) is 10.6. The Bertz CT molecular complexity index is 768. The van der Waals surface area contributed by atoms with Crippen LogP contribution < -0.4 is 11.1 Å². The Morgan fingerprint density at radius 2 is 2.00 bits per heavy atom. The number of benzene rings is 2. The van der Waals surface area contributed by atoms with Crippen molar-refractivity contribution in [1.82, 2.24) is 15.2 Å². The fraction of sp³-hybridized carbons (Fsp3) is 0.125. The Kier molecular flexibility index (Phi) is 4.25. The molecule has 3 rings (SSSR count). The lowest BCUT2D eigenvalue weighted by Crippen LogP contribution is -2.05. The van der Waals surface area contributed by atoms with E-state index in [1.807, 2.05) is 48.5 Å². The van der Waals surface area contributed by atoms with E-state index in [1.165, 1.54) is 0 Å². The Hall–Kier alpha value is -2.53. The van der Waals surface area contributed by atoms with Gasteiger partial charge in [0.25, 0.3) is 0 Å². The van der Waals surface area contributed by atoms with E-state index < -0.39 is 0 Å². The molecule has 0 unspecified atom stereocenters. The molecular formula is C16H16ClN5. The van der Waals surface area contributed by atoms with Gasteiger partial charge in [0.15, 0.2) is 5.82 Å². The van der Waals surface area contributed by atoms with Crippen LogP contribution in [-0.4, -0.2) is 21.7 Å². The number of rotatable bonds is 5. The molecule has 0 saturated carbocycles. The minimum atomic E-state index is 0.657. The number of aromatic nitrogens is 3. The lowest BCUT2D eigenvalue weighted by atomic mass is 10.2. The Balaban J connectivity index is 1.60. The molecule has 0 saturated heterocycles. The van der Waals surface area contributed by atoms with Crippen molar-refractivity contribution in [2.24, 2.45) is 0 Å². The van der Waals surface area contributed by atoms with Gasteiger partial charge in [-0.25, -0.2) is 4.98 Å². The smallest absolute Gasteiger partial charge is 0.181 e. The molecule has 0 aliphatic rings. The summed E-state index contributed by atoms with van der Waals surface area (Å²) in [7, 11) is 0. The third-order valence-electron chi connectivity index (χ3n) is 3.19. The molecule has 0 radical (unpaired) electrons. The summed E-state index contributed by atoms with van der Waals surface area (Å²) in [4.78, 5) is 4.48. The van der Waals surface area contributed by atoms with Crippen molar-refractivity contribution in [3.8, 4) is 11.4 Å². The van der Waals surface area contributed by atoms with E-state index in [0.717, 1.165) is 30.0 Å². The number of nitrogen functional groups attached to an aromatic ring is 1. The largest absolute Gasteiger partial charge is 0.399 e. The van der Waals surface area contributed by atoms with Crippen LogP contribution in [0.15, 0.2) is 48.5 Å². The first-order chi connectivity index (χ1) is 10.7.